The molecule has 4 fully saturated rings. The number of rotatable bonds is 7. The molecule has 0 bridgehead atoms. The minimum atomic E-state index is -4.06. The van der Waals surface area contributed by atoms with E-state index in [1.807, 2.05) is 0 Å². The molecule has 34 heavy (non-hydrogen) atoms. The van der Waals surface area contributed by atoms with Gasteiger partial charge in [-0.2, -0.15) is 8.42 Å². The van der Waals surface area contributed by atoms with Crippen LogP contribution in [-0.4, -0.2) is 53.6 Å². The van der Waals surface area contributed by atoms with E-state index in [1.165, 1.54) is 6.42 Å². The molecule has 0 saturated heterocycles. The fourth-order valence-corrected chi connectivity index (χ4v) is 9.50. The number of amides is 1. The van der Waals surface area contributed by atoms with Gasteiger partial charge in [-0.3, -0.25) is 9.35 Å². The van der Waals surface area contributed by atoms with Crippen LogP contribution >= 0.6 is 0 Å². The molecule has 4 saturated carbocycles. The van der Waals surface area contributed by atoms with E-state index < -0.39 is 15.9 Å². The summed E-state index contributed by atoms with van der Waals surface area (Å²) in [7, 11) is -4.06. The molecule has 0 aromatic rings. The Balaban J connectivity index is 1.39. The largest absolute Gasteiger partial charge is 0.393 e. The molecule has 6 unspecified atom stereocenters. The van der Waals surface area contributed by atoms with Crippen molar-refractivity contribution in [2.45, 2.75) is 97.2 Å². The zero-order valence-corrected chi connectivity index (χ0v) is 21.9. The van der Waals surface area contributed by atoms with Crippen molar-refractivity contribution in [1.29, 1.82) is 0 Å². The summed E-state index contributed by atoms with van der Waals surface area (Å²) < 4.78 is 30.5. The van der Waals surface area contributed by atoms with Crippen molar-refractivity contribution >= 4 is 16.0 Å². The van der Waals surface area contributed by atoms with Crippen LogP contribution in [-0.2, 0) is 14.9 Å². The molecule has 0 heterocycles. The van der Waals surface area contributed by atoms with Crippen molar-refractivity contribution in [3.05, 3.63) is 0 Å². The molecule has 8 heteroatoms. The van der Waals surface area contributed by atoms with Crippen LogP contribution in [0.3, 0.4) is 0 Å². The third kappa shape index (κ3) is 4.94. The lowest BCUT2D eigenvalue weighted by Gasteiger charge is -2.62. The molecular formula is C26H45NO6S. The van der Waals surface area contributed by atoms with Crippen molar-refractivity contribution in [3.8, 4) is 0 Å². The smallest absolute Gasteiger partial charge is 0.266 e. The van der Waals surface area contributed by atoms with E-state index in [0.717, 1.165) is 51.4 Å². The Bertz CT molecular complexity index is 863. The van der Waals surface area contributed by atoms with Crippen LogP contribution in [0.1, 0.15) is 85.0 Å². The maximum absolute atomic E-state index is 12.2. The molecule has 7 nitrogen and oxygen atoms in total. The molecule has 1 amide bonds. The third-order valence-corrected chi connectivity index (χ3v) is 11.6. The molecule has 0 aliphatic heterocycles. The molecule has 4 aliphatic carbocycles. The molecule has 4 aliphatic rings. The SMILES string of the molecule is CC(CCC(=O)NCCS(=O)(=O)O)C1CCC2C3C(O)C[C@@H]4C[C@H](O)CC[C@]4(C)C3CC[C@]12C. The van der Waals surface area contributed by atoms with E-state index >= 15 is 0 Å². The van der Waals surface area contributed by atoms with Crippen LogP contribution < -0.4 is 5.32 Å². The summed E-state index contributed by atoms with van der Waals surface area (Å²) in [5.74, 6) is 2.10. The van der Waals surface area contributed by atoms with Crippen molar-refractivity contribution in [1.82, 2.24) is 5.32 Å². The number of aliphatic hydroxyl groups is 2. The van der Waals surface area contributed by atoms with Gasteiger partial charge in [0.15, 0.2) is 0 Å². The van der Waals surface area contributed by atoms with Crippen molar-refractivity contribution in [3.63, 3.8) is 0 Å². The lowest BCUT2D eigenvalue weighted by molar-refractivity contribution is -0.174. The fraction of sp³-hybridized carbons (Fsp3) is 0.962. The number of aliphatic hydroxyl groups excluding tert-OH is 2. The Morgan fingerprint density at radius 3 is 2.41 bits per heavy atom. The van der Waals surface area contributed by atoms with Gasteiger partial charge in [-0.05, 0) is 104 Å². The first-order chi connectivity index (χ1) is 15.8. The second-order valence-electron chi connectivity index (χ2n) is 12.6. The molecule has 4 N–H and O–H groups in total. The minimum Gasteiger partial charge on any atom is -0.393 e. The van der Waals surface area contributed by atoms with Gasteiger partial charge in [0, 0.05) is 13.0 Å². The summed E-state index contributed by atoms with van der Waals surface area (Å²) in [5, 5.41) is 24.2. The number of fused-ring (bicyclic) bond motifs is 5. The number of nitrogens with one attached hydrogen (secondary N) is 1. The average molecular weight is 500 g/mol. The molecule has 0 aromatic carbocycles. The zero-order chi connectivity index (χ0) is 24.9. The monoisotopic (exact) mass is 499 g/mol. The lowest BCUT2D eigenvalue weighted by atomic mass is 9.43. The Hall–Kier alpha value is -0.700. The fourth-order valence-electron chi connectivity index (χ4n) is 9.14. The highest BCUT2D eigenvalue weighted by Gasteiger charge is 2.62. The summed E-state index contributed by atoms with van der Waals surface area (Å²) in [6.07, 6.45) is 8.87. The van der Waals surface area contributed by atoms with E-state index in [4.69, 9.17) is 4.55 Å². The van der Waals surface area contributed by atoms with Crippen molar-refractivity contribution < 1.29 is 28.0 Å². The van der Waals surface area contributed by atoms with E-state index in [0.29, 0.717) is 41.9 Å². The molecule has 4 rings (SSSR count). The molecule has 196 valence electrons. The summed E-state index contributed by atoms with van der Waals surface area (Å²) in [4.78, 5) is 12.2. The highest BCUT2D eigenvalue weighted by Crippen LogP contribution is 2.68. The third-order valence-electron chi connectivity index (χ3n) is 10.9. The Morgan fingerprint density at radius 1 is 1.03 bits per heavy atom. The topological polar surface area (TPSA) is 124 Å². The predicted octanol–water partition coefficient (Wildman–Crippen LogP) is 3.40. The second-order valence-corrected chi connectivity index (χ2v) is 14.2. The second kappa shape index (κ2) is 9.64. The van der Waals surface area contributed by atoms with Crippen LogP contribution in [0.2, 0.25) is 0 Å². The van der Waals surface area contributed by atoms with Gasteiger partial charge in [0.1, 0.15) is 0 Å². The number of carbonyl (C=O) groups excluding carboxylic acids is 1. The predicted molar refractivity (Wildman–Crippen MR) is 130 cm³/mol. The normalized spacial score (nSPS) is 45.1. The van der Waals surface area contributed by atoms with Gasteiger partial charge in [0.05, 0.1) is 18.0 Å². The Kier molecular flexibility index (Phi) is 7.47. The number of hydrogen-bond acceptors (Lipinski definition) is 5. The maximum atomic E-state index is 12.2. The van der Waals surface area contributed by atoms with Gasteiger partial charge in [-0.25, -0.2) is 0 Å². The standard InChI is InChI=1S/C26H45NO6S/c1-16(4-7-23(30)27-12-13-34(31,32)33)19-5-6-20-24-21(9-11-26(19,20)3)25(2)10-8-18(28)14-17(25)15-22(24)29/h16-22,24,28-29H,4-15H2,1-3H3,(H,27,30)(H,31,32,33)/t16?,17-,18+,19?,20?,21?,22?,24?,25-,26+/m0/s1. The first-order valence-electron chi connectivity index (χ1n) is 13.4. The van der Waals surface area contributed by atoms with Crippen LogP contribution in [0, 0.1) is 46.3 Å². The summed E-state index contributed by atoms with van der Waals surface area (Å²) in [6, 6.07) is 0. The minimum absolute atomic E-state index is 0.0625. The maximum Gasteiger partial charge on any atom is 0.266 e. The summed E-state index contributed by atoms with van der Waals surface area (Å²) in [5.41, 5.74) is 0.411. The molecule has 10 atom stereocenters. The molecule has 0 aromatic heterocycles. The molecular weight excluding hydrogens is 454 g/mol. The zero-order valence-electron chi connectivity index (χ0n) is 21.1. The van der Waals surface area contributed by atoms with E-state index in [1.54, 1.807) is 0 Å². The Labute approximate surface area is 205 Å². The summed E-state index contributed by atoms with van der Waals surface area (Å²) >= 11 is 0. The quantitative estimate of drug-likeness (QED) is 0.398. The van der Waals surface area contributed by atoms with E-state index in [2.05, 4.69) is 26.1 Å². The van der Waals surface area contributed by atoms with Crippen LogP contribution in [0.15, 0.2) is 0 Å². The summed E-state index contributed by atoms with van der Waals surface area (Å²) in [6.45, 7) is 7.05. The van der Waals surface area contributed by atoms with Crippen LogP contribution in [0.5, 0.6) is 0 Å². The number of carbonyl (C=O) groups is 1. The van der Waals surface area contributed by atoms with Gasteiger partial charge in [0.25, 0.3) is 10.1 Å². The lowest BCUT2D eigenvalue weighted by Crippen LogP contribution is -2.58. The van der Waals surface area contributed by atoms with E-state index in [-0.39, 0.29) is 35.5 Å². The van der Waals surface area contributed by atoms with Crippen molar-refractivity contribution in [2.24, 2.45) is 46.3 Å². The van der Waals surface area contributed by atoms with Gasteiger partial charge in [-0.1, -0.05) is 20.8 Å². The highest BCUT2D eigenvalue weighted by atomic mass is 32.2. The molecule has 0 spiro atoms. The van der Waals surface area contributed by atoms with Gasteiger partial charge in [-0.15, -0.1) is 0 Å². The van der Waals surface area contributed by atoms with Crippen LogP contribution in [0.4, 0.5) is 0 Å². The van der Waals surface area contributed by atoms with Gasteiger partial charge in [0.2, 0.25) is 5.91 Å². The Morgan fingerprint density at radius 2 is 1.71 bits per heavy atom. The number of hydrogen-bond donors (Lipinski definition) is 4. The van der Waals surface area contributed by atoms with Gasteiger partial charge < -0.3 is 15.5 Å². The average Bonchev–Trinajstić information content (AvgIpc) is 3.09. The van der Waals surface area contributed by atoms with Gasteiger partial charge >= 0.3 is 0 Å². The highest BCUT2D eigenvalue weighted by molar-refractivity contribution is 7.85. The molecule has 0 radical (unpaired) electrons. The first kappa shape index (κ1) is 26.4. The van der Waals surface area contributed by atoms with E-state index in [9.17, 15) is 23.4 Å². The first-order valence-corrected chi connectivity index (χ1v) is 15.0. The van der Waals surface area contributed by atoms with Crippen molar-refractivity contribution in [2.75, 3.05) is 12.3 Å². The van der Waals surface area contributed by atoms with Crippen LogP contribution in [0.25, 0.3) is 0 Å².